The molecule has 2 fully saturated rings. The van der Waals surface area contributed by atoms with Gasteiger partial charge in [-0.05, 0) is 43.9 Å². The van der Waals surface area contributed by atoms with Crippen molar-refractivity contribution in [1.82, 2.24) is 25.1 Å². The fourth-order valence-corrected chi connectivity index (χ4v) is 5.84. The third kappa shape index (κ3) is 5.10. The van der Waals surface area contributed by atoms with Crippen molar-refractivity contribution in [3.05, 3.63) is 66.0 Å². The molecule has 0 aliphatic carbocycles. The van der Waals surface area contributed by atoms with Crippen LogP contribution in [-0.2, 0) is 22.6 Å². The molecule has 7 heteroatoms. The molecule has 184 valence electrons. The zero-order valence-corrected chi connectivity index (χ0v) is 20.5. The van der Waals surface area contributed by atoms with Gasteiger partial charge in [0.25, 0.3) is 0 Å². The monoisotopic (exact) mass is 473 g/mol. The molecule has 2 aromatic carbocycles. The number of nitrogens with one attached hydrogen (secondary N) is 2. The number of aromatic amines is 1. The Morgan fingerprint density at radius 2 is 1.94 bits per heavy atom. The summed E-state index contributed by atoms with van der Waals surface area (Å²) in [6, 6.07) is 18.4. The predicted molar refractivity (Wildman–Crippen MR) is 137 cm³/mol. The second kappa shape index (κ2) is 10.2. The number of rotatable bonds is 7. The molecule has 5 rings (SSSR count). The molecule has 2 aliphatic heterocycles. The van der Waals surface area contributed by atoms with Crippen molar-refractivity contribution in [2.75, 3.05) is 19.6 Å². The van der Waals surface area contributed by atoms with E-state index in [9.17, 15) is 9.59 Å². The van der Waals surface area contributed by atoms with E-state index in [2.05, 4.69) is 44.1 Å². The van der Waals surface area contributed by atoms with Gasteiger partial charge in [-0.15, -0.1) is 0 Å². The number of nitrogens with zero attached hydrogens (tertiary/aromatic N) is 3. The van der Waals surface area contributed by atoms with Crippen LogP contribution in [0.5, 0.6) is 0 Å². The van der Waals surface area contributed by atoms with Crippen LogP contribution in [0.3, 0.4) is 0 Å². The fourth-order valence-electron chi connectivity index (χ4n) is 5.84. The first kappa shape index (κ1) is 23.5. The van der Waals surface area contributed by atoms with Crippen LogP contribution in [0.1, 0.15) is 50.4 Å². The van der Waals surface area contributed by atoms with Crippen LogP contribution in [0.25, 0.3) is 11.0 Å². The summed E-state index contributed by atoms with van der Waals surface area (Å²) in [6.45, 7) is 4.60. The molecule has 1 aromatic heterocycles. The third-order valence-electron chi connectivity index (χ3n) is 7.75. The summed E-state index contributed by atoms with van der Waals surface area (Å²) in [5.41, 5.74) is 2.86. The number of hydrogen-bond donors (Lipinski definition) is 2. The van der Waals surface area contributed by atoms with E-state index >= 15 is 0 Å². The largest absolute Gasteiger partial charge is 0.355 e. The SMILES string of the molecule is C[C@]12CCN(CC(=O)NCCc3nc4ccccc4[nH]3)[C@H]1CCCCC(=O)N2Cc1ccccc1. The molecule has 0 radical (unpaired) electrons. The molecule has 0 unspecified atom stereocenters. The Morgan fingerprint density at radius 1 is 1.14 bits per heavy atom. The first-order chi connectivity index (χ1) is 17.0. The quantitative estimate of drug-likeness (QED) is 0.549. The van der Waals surface area contributed by atoms with Crippen molar-refractivity contribution in [2.24, 2.45) is 0 Å². The molecular formula is C28H35N5O2. The van der Waals surface area contributed by atoms with Gasteiger partial charge in [-0.1, -0.05) is 48.9 Å². The van der Waals surface area contributed by atoms with E-state index in [0.29, 0.717) is 32.5 Å². The Morgan fingerprint density at radius 3 is 2.77 bits per heavy atom. The Bertz CT molecular complexity index is 1140. The van der Waals surface area contributed by atoms with E-state index < -0.39 is 0 Å². The summed E-state index contributed by atoms with van der Waals surface area (Å²) in [7, 11) is 0. The van der Waals surface area contributed by atoms with Gasteiger partial charge in [0.1, 0.15) is 5.82 Å². The smallest absolute Gasteiger partial charge is 0.234 e. The highest BCUT2D eigenvalue weighted by atomic mass is 16.2. The molecule has 2 amide bonds. The lowest BCUT2D eigenvalue weighted by molar-refractivity contribution is -0.140. The summed E-state index contributed by atoms with van der Waals surface area (Å²) in [5, 5.41) is 3.08. The van der Waals surface area contributed by atoms with Crippen LogP contribution < -0.4 is 5.32 Å². The highest BCUT2D eigenvalue weighted by Gasteiger charge is 2.49. The predicted octanol–water partition coefficient (Wildman–Crippen LogP) is 3.66. The van der Waals surface area contributed by atoms with E-state index in [-0.39, 0.29) is 23.4 Å². The van der Waals surface area contributed by atoms with Gasteiger partial charge in [0.2, 0.25) is 11.8 Å². The van der Waals surface area contributed by atoms with Gasteiger partial charge in [0, 0.05) is 38.5 Å². The first-order valence-corrected chi connectivity index (χ1v) is 12.8. The van der Waals surface area contributed by atoms with Crippen LogP contribution in [0.15, 0.2) is 54.6 Å². The minimum atomic E-state index is -0.262. The number of fused-ring (bicyclic) bond motifs is 2. The summed E-state index contributed by atoms with van der Waals surface area (Å²) in [6.07, 6.45) is 5.12. The highest BCUT2D eigenvalue weighted by Crippen LogP contribution is 2.39. The Labute approximate surface area is 206 Å². The number of aromatic nitrogens is 2. The van der Waals surface area contributed by atoms with Crippen molar-refractivity contribution in [1.29, 1.82) is 0 Å². The maximum atomic E-state index is 13.2. The number of imidazole rings is 1. The maximum Gasteiger partial charge on any atom is 0.234 e. The van der Waals surface area contributed by atoms with Gasteiger partial charge in [0.15, 0.2) is 0 Å². The first-order valence-electron chi connectivity index (χ1n) is 12.8. The van der Waals surface area contributed by atoms with Crippen molar-refractivity contribution < 1.29 is 9.59 Å². The molecule has 3 heterocycles. The van der Waals surface area contributed by atoms with E-state index in [1.807, 2.05) is 42.5 Å². The van der Waals surface area contributed by atoms with E-state index in [0.717, 1.165) is 54.6 Å². The summed E-state index contributed by atoms with van der Waals surface area (Å²) in [5.74, 6) is 1.15. The molecule has 2 aliphatic rings. The number of benzene rings is 2. The topological polar surface area (TPSA) is 81.3 Å². The Hall–Kier alpha value is -3.19. The number of H-pyrrole nitrogens is 1. The van der Waals surface area contributed by atoms with E-state index in [1.54, 1.807) is 0 Å². The van der Waals surface area contributed by atoms with Gasteiger partial charge >= 0.3 is 0 Å². The van der Waals surface area contributed by atoms with E-state index in [1.165, 1.54) is 0 Å². The fraction of sp³-hybridized carbons (Fsp3) is 0.464. The van der Waals surface area contributed by atoms with Gasteiger partial charge in [0.05, 0.1) is 23.1 Å². The Balaban J connectivity index is 1.21. The van der Waals surface area contributed by atoms with Crippen molar-refractivity contribution in [2.45, 2.75) is 63.6 Å². The van der Waals surface area contributed by atoms with Gasteiger partial charge in [-0.3, -0.25) is 14.5 Å². The van der Waals surface area contributed by atoms with Gasteiger partial charge in [-0.2, -0.15) is 0 Å². The number of hydrogen-bond acceptors (Lipinski definition) is 4. The molecule has 3 aromatic rings. The van der Waals surface area contributed by atoms with Crippen LogP contribution in [0, 0.1) is 0 Å². The van der Waals surface area contributed by atoms with Crippen LogP contribution in [0.4, 0.5) is 0 Å². The lowest BCUT2D eigenvalue weighted by atomic mass is 9.84. The third-order valence-corrected chi connectivity index (χ3v) is 7.75. The molecule has 7 nitrogen and oxygen atoms in total. The molecule has 2 saturated heterocycles. The molecule has 2 N–H and O–H groups in total. The molecule has 0 saturated carbocycles. The average Bonchev–Trinajstić information content (AvgIpc) is 3.41. The molecule has 35 heavy (non-hydrogen) atoms. The van der Waals surface area contributed by atoms with Gasteiger partial charge < -0.3 is 15.2 Å². The highest BCUT2D eigenvalue weighted by molar-refractivity contribution is 5.79. The van der Waals surface area contributed by atoms with Crippen molar-refractivity contribution >= 4 is 22.8 Å². The second-order valence-corrected chi connectivity index (χ2v) is 10.1. The van der Waals surface area contributed by atoms with Crippen LogP contribution in [-0.4, -0.2) is 62.8 Å². The zero-order valence-electron chi connectivity index (χ0n) is 20.5. The normalized spacial score (nSPS) is 23.2. The Kier molecular flexibility index (Phi) is 6.86. The number of carbonyl (C=O) groups is 2. The lowest BCUT2D eigenvalue weighted by Gasteiger charge is -2.46. The zero-order chi connectivity index (χ0) is 24.3. The van der Waals surface area contributed by atoms with Crippen LogP contribution in [0.2, 0.25) is 0 Å². The summed E-state index contributed by atoms with van der Waals surface area (Å²) < 4.78 is 0. The number of amides is 2. The molecule has 0 spiro atoms. The second-order valence-electron chi connectivity index (χ2n) is 10.1. The van der Waals surface area contributed by atoms with Crippen LogP contribution >= 0.6 is 0 Å². The molecule has 0 bridgehead atoms. The number of likely N-dealkylation sites (tertiary alicyclic amines) is 2. The summed E-state index contributed by atoms with van der Waals surface area (Å²) in [4.78, 5) is 38.4. The van der Waals surface area contributed by atoms with E-state index in [4.69, 9.17) is 0 Å². The van der Waals surface area contributed by atoms with Crippen molar-refractivity contribution in [3.8, 4) is 0 Å². The average molecular weight is 474 g/mol. The lowest BCUT2D eigenvalue weighted by Crippen LogP contribution is -2.58. The molecule has 2 atom stereocenters. The summed E-state index contributed by atoms with van der Waals surface area (Å²) >= 11 is 0. The van der Waals surface area contributed by atoms with Gasteiger partial charge in [-0.25, -0.2) is 4.98 Å². The minimum Gasteiger partial charge on any atom is -0.355 e. The van der Waals surface area contributed by atoms with Crippen molar-refractivity contribution in [3.63, 3.8) is 0 Å². The maximum absolute atomic E-state index is 13.2. The molecular weight excluding hydrogens is 438 g/mol. The minimum absolute atomic E-state index is 0.0355. The number of para-hydroxylation sites is 2. The number of carbonyl (C=O) groups excluding carboxylic acids is 2. The standard InChI is InChI=1S/C28H35N5O2/c1-28-16-18-32(20-26(34)29-17-15-25-30-22-11-5-6-12-23(22)31-25)24(28)13-7-8-14-27(35)33(28)19-21-9-3-2-4-10-21/h2-6,9-12,24H,7-8,13-20H2,1H3,(H,29,34)(H,30,31)/t24-,28-/m0/s1.